The molecular weight excluding hydrogens is 440 g/mol. The Morgan fingerprint density at radius 2 is 1.77 bits per heavy atom. The van der Waals surface area contributed by atoms with Crippen LogP contribution in [0.15, 0.2) is 77.3 Å². The van der Waals surface area contributed by atoms with E-state index in [9.17, 15) is 4.79 Å². The van der Waals surface area contributed by atoms with Gasteiger partial charge in [-0.15, -0.1) is 0 Å². The molecule has 0 fully saturated rings. The number of ether oxygens (including phenoxy) is 1. The van der Waals surface area contributed by atoms with E-state index < -0.39 is 0 Å². The van der Waals surface area contributed by atoms with Gasteiger partial charge in [0.2, 0.25) is 0 Å². The second kappa shape index (κ2) is 8.67. The lowest BCUT2D eigenvalue weighted by molar-refractivity contribution is 0.0526. The fourth-order valence-electron chi connectivity index (χ4n) is 3.53. The van der Waals surface area contributed by atoms with Crippen LogP contribution in [0.2, 0.25) is 0 Å². The first-order valence-corrected chi connectivity index (χ1v) is 10.6. The third-order valence-corrected chi connectivity index (χ3v) is 5.56. The van der Waals surface area contributed by atoms with Crippen LogP contribution in [0.4, 0.5) is 5.69 Å². The summed E-state index contributed by atoms with van der Waals surface area (Å²) < 4.78 is 6.09. The Bertz CT molecular complexity index is 1120. The normalized spacial score (nSPS) is 14.5. The van der Waals surface area contributed by atoms with E-state index in [0.717, 1.165) is 32.4 Å². The summed E-state index contributed by atoms with van der Waals surface area (Å²) in [5.74, 6) is 0.0967. The minimum atomic E-state index is -0.334. The van der Waals surface area contributed by atoms with Crippen LogP contribution in [0.5, 0.6) is 0 Å². The van der Waals surface area contributed by atoms with Crippen LogP contribution >= 0.6 is 15.9 Å². The van der Waals surface area contributed by atoms with Crippen molar-refractivity contribution in [1.82, 2.24) is 0 Å². The molecule has 0 spiro atoms. The topological polar surface area (TPSA) is 53.4 Å². The zero-order chi connectivity index (χ0) is 21.1. The predicted molar refractivity (Wildman–Crippen MR) is 125 cm³/mol. The number of esters is 1. The largest absolute Gasteiger partial charge is 0.462 e. The molecule has 1 aliphatic rings. The summed E-state index contributed by atoms with van der Waals surface area (Å²) in [5, 5.41) is 8.92. The highest BCUT2D eigenvalue weighted by molar-refractivity contribution is 9.10. The molecule has 4 nitrogen and oxygen atoms in total. The standard InChI is InChI=1S/C25H21BrN2O2/c1-2-30-25(29)18-9-13-21(14-10-18)28-16-19-5-3-4-6-22(19)23(24(28)27)15-17-7-11-20(26)12-8-17/h3-15,27H,2,16H2,1H3. The molecule has 0 aliphatic carbocycles. The van der Waals surface area contributed by atoms with Crippen molar-refractivity contribution in [3.8, 4) is 0 Å². The number of halogens is 1. The Morgan fingerprint density at radius 3 is 2.47 bits per heavy atom. The Labute approximate surface area is 184 Å². The monoisotopic (exact) mass is 460 g/mol. The molecule has 1 heterocycles. The van der Waals surface area contributed by atoms with E-state index >= 15 is 0 Å². The summed E-state index contributed by atoms with van der Waals surface area (Å²) in [5.41, 5.74) is 5.51. The van der Waals surface area contributed by atoms with E-state index in [1.54, 1.807) is 19.1 Å². The minimum absolute atomic E-state index is 0.334. The zero-order valence-electron chi connectivity index (χ0n) is 16.6. The van der Waals surface area contributed by atoms with Crippen molar-refractivity contribution in [2.24, 2.45) is 0 Å². The van der Waals surface area contributed by atoms with Gasteiger partial charge in [0, 0.05) is 15.7 Å². The lowest BCUT2D eigenvalue weighted by Gasteiger charge is -2.33. The number of carbonyl (C=O) groups excluding carboxylic acids is 1. The maximum absolute atomic E-state index is 11.9. The maximum atomic E-state index is 11.9. The van der Waals surface area contributed by atoms with Crippen molar-refractivity contribution in [1.29, 1.82) is 5.41 Å². The second-order valence-corrected chi connectivity index (χ2v) is 7.88. The number of hydrogen-bond acceptors (Lipinski definition) is 3. The van der Waals surface area contributed by atoms with Gasteiger partial charge in [0.1, 0.15) is 5.84 Å². The van der Waals surface area contributed by atoms with Gasteiger partial charge in [-0.1, -0.05) is 52.3 Å². The number of fused-ring (bicyclic) bond motifs is 1. The predicted octanol–water partition coefficient (Wildman–Crippen LogP) is 6.16. The quantitative estimate of drug-likeness (QED) is 0.474. The molecule has 3 aromatic rings. The number of nitrogens with one attached hydrogen (secondary N) is 1. The molecule has 0 saturated carbocycles. The molecule has 5 heteroatoms. The number of carbonyl (C=O) groups is 1. The molecule has 0 atom stereocenters. The van der Waals surface area contributed by atoms with Gasteiger partial charge in [0.05, 0.1) is 18.7 Å². The number of anilines is 1. The zero-order valence-corrected chi connectivity index (χ0v) is 18.1. The molecule has 4 rings (SSSR count). The number of benzene rings is 3. The van der Waals surface area contributed by atoms with Gasteiger partial charge in [-0.3, -0.25) is 5.41 Å². The molecule has 0 unspecified atom stereocenters. The highest BCUT2D eigenvalue weighted by atomic mass is 79.9. The van der Waals surface area contributed by atoms with Gasteiger partial charge in [0.15, 0.2) is 0 Å². The fraction of sp³-hybridized carbons (Fsp3) is 0.120. The third-order valence-electron chi connectivity index (χ3n) is 5.03. The van der Waals surface area contributed by atoms with Crippen LogP contribution in [0.25, 0.3) is 11.6 Å². The van der Waals surface area contributed by atoms with Gasteiger partial charge in [-0.2, -0.15) is 0 Å². The molecule has 150 valence electrons. The molecule has 0 radical (unpaired) electrons. The summed E-state index contributed by atoms with van der Waals surface area (Å²) in [6, 6.07) is 23.5. The summed E-state index contributed by atoms with van der Waals surface area (Å²) in [6.45, 7) is 2.74. The van der Waals surface area contributed by atoms with E-state index in [0.29, 0.717) is 24.6 Å². The molecule has 1 N–H and O–H groups in total. The third kappa shape index (κ3) is 4.07. The van der Waals surface area contributed by atoms with E-state index in [-0.39, 0.29) is 5.97 Å². The second-order valence-electron chi connectivity index (χ2n) is 6.97. The molecule has 3 aromatic carbocycles. The first kappa shape index (κ1) is 20.1. The summed E-state index contributed by atoms with van der Waals surface area (Å²) >= 11 is 3.47. The molecule has 0 aromatic heterocycles. The van der Waals surface area contributed by atoms with Crippen LogP contribution in [0.1, 0.15) is 34.0 Å². The van der Waals surface area contributed by atoms with Crippen molar-refractivity contribution in [3.05, 3.63) is 99.5 Å². The van der Waals surface area contributed by atoms with Gasteiger partial charge in [-0.25, -0.2) is 4.79 Å². The van der Waals surface area contributed by atoms with Crippen molar-refractivity contribution < 1.29 is 9.53 Å². The van der Waals surface area contributed by atoms with Crippen LogP contribution in [-0.4, -0.2) is 18.4 Å². The number of nitrogens with zero attached hydrogens (tertiary/aromatic N) is 1. The van der Waals surface area contributed by atoms with Crippen LogP contribution < -0.4 is 4.90 Å². The number of rotatable bonds is 4. The van der Waals surface area contributed by atoms with Gasteiger partial charge >= 0.3 is 5.97 Å². The van der Waals surface area contributed by atoms with Gasteiger partial charge in [0.25, 0.3) is 0 Å². The Hall–Kier alpha value is -3.18. The van der Waals surface area contributed by atoms with Gasteiger partial charge < -0.3 is 9.64 Å². The minimum Gasteiger partial charge on any atom is -0.462 e. The van der Waals surface area contributed by atoms with Crippen LogP contribution in [0, 0.1) is 5.41 Å². The Morgan fingerprint density at radius 1 is 1.07 bits per heavy atom. The smallest absolute Gasteiger partial charge is 0.338 e. The fourth-order valence-corrected chi connectivity index (χ4v) is 3.79. The highest BCUT2D eigenvalue weighted by Gasteiger charge is 2.26. The first-order valence-electron chi connectivity index (χ1n) is 9.76. The average molecular weight is 461 g/mol. The first-order chi connectivity index (χ1) is 14.6. The maximum Gasteiger partial charge on any atom is 0.338 e. The van der Waals surface area contributed by atoms with E-state index in [1.165, 1.54) is 0 Å². The van der Waals surface area contributed by atoms with E-state index in [1.807, 2.05) is 59.5 Å². The highest BCUT2D eigenvalue weighted by Crippen LogP contribution is 2.33. The lowest BCUT2D eigenvalue weighted by atomic mass is 9.92. The Kier molecular flexibility index (Phi) is 5.81. The van der Waals surface area contributed by atoms with E-state index in [4.69, 9.17) is 10.1 Å². The van der Waals surface area contributed by atoms with Crippen molar-refractivity contribution in [2.45, 2.75) is 13.5 Å². The molecule has 1 aliphatic heterocycles. The molecular formula is C25H21BrN2O2. The molecule has 0 bridgehead atoms. The molecule has 0 amide bonds. The lowest BCUT2D eigenvalue weighted by Crippen LogP contribution is -2.34. The molecule has 0 saturated heterocycles. The summed E-state index contributed by atoms with van der Waals surface area (Å²) in [7, 11) is 0. The average Bonchev–Trinajstić information content (AvgIpc) is 2.77. The number of amidine groups is 1. The SMILES string of the molecule is CCOC(=O)c1ccc(N2Cc3ccccc3C(=Cc3ccc(Br)cc3)C2=N)cc1. The molecule has 30 heavy (non-hydrogen) atoms. The number of hydrogen-bond donors (Lipinski definition) is 1. The van der Waals surface area contributed by atoms with Crippen molar-refractivity contribution >= 4 is 45.1 Å². The van der Waals surface area contributed by atoms with Gasteiger partial charge in [-0.05, 0) is 66.1 Å². The van der Waals surface area contributed by atoms with Crippen molar-refractivity contribution in [3.63, 3.8) is 0 Å². The van der Waals surface area contributed by atoms with Crippen LogP contribution in [-0.2, 0) is 11.3 Å². The van der Waals surface area contributed by atoms with Crippen LogP contribution in [0.3, 0.4) is 0 Å². The van der Waals surface area contributed by atoms with E-state index in [2.05, 4.69) is 28.1 Å². The Balaban J connectivity index is 1.72. The summed E-state index contributed by atoms with van der Waals surface area (Å²) in [6.07, 6.45) is 2.05. The summed E-state index contributed by atoms with van der Waals surface area (Å²) in [4.78, 5) is 13.9. The van der Waals surface area contributed by atoms with Crippen molar-refractivity contribution in [2.75, 3.05) is 11.5 Å².